The second-order valence-corrected chi connectivity index (χ2v) is 5.45. The maximum absolute atomic E-state index is 3.83. The molecule has 1 aliphatic rings. The predicted octanol–water partition coefficient (Wildman–Crippen LogP) is 2.21. The SMILES string of the molecule is C=C(Br)CNC(C)C1CCN(C)CC1. The van der Waals surface area contributed by atoms with Crippen LogP contribution in [-0.2, 0) is 0 Å². The fourth-order valence-electron chi connectivity index (χ4n) is 1.97. The summed E-state index contributed by atoms with van der Waals surface area (Å²) in [6, 6.07) is 0.609. The monoisotopic (exact) mass is 260 g/mol. The molecule has 82 valence electrons. The average Bonchev–Trinajstić information content (AvgIpc) is 2.15. The molecule has 0 amide bonds. The Bertz CT molecular complexity index is 186. The highest BCUT2D eigenvalue weighted by molar-refractivity contribution is 9.11. The molecule has 1 aliphatic heterocycles. The zero-order chi connectivity index (χ0) is 10.6. The van der Waals surface area contributed by atoms with Gasteiger partial charge in [0.25, 0.3) is 0 Å². The van der Waals surface area contributed by atoms with Gasteiger partial charge in [0.2, 0.25) is 0 Å². The lowest BCUT2D eigenvalue weighted by Gasteiger charge is -2.33. The molecule has 0 aliphatic carbocycles. The lowest BCUT2D eigenvalue weighted by atomic mass is 9.90. The minimum Gasteiger partial charge on any atom is -0.309 e. The molecule has 1 N–H and O–H groups in total. The van der Waals surface area contributed by atoms with Gasteiger partial charge in [-0.2, -0.15) is 0 Å². The van der Waals surface area contributed by atoms with E-state index in [1.807, 2.05) is 0 Å². The molecular formula is C11H21BrN2. The van der Waals surface area contributed by atoms with E-state index in [1.54, 1.807) is 0 Å². The Hall–Kier alpha value is 0.140. The van der Waals surface area contributed by atoms with Crippen LogP contribution in [0.3, 0.4) is 0 Å². The molecule has 1 rings (SSSR count). The summed E-state index contributed by atoms with van der Waals surface area (Å²) in [5, 5.41) is 3.50. The van der Waals surface area contributed by atoms with Crippen molar-refractivity contribution in [3.05, 3.63) is 11.1 Å². The largest absolute Gasteiger partial charge is 0.309 e. The highest BCUT2D eigenvalue weighted by Crippen LogP contribution is 2.19. The van der Waals surface area contributed by atoms with E-state index in [0.717, 1.165) is 16.9 Å². The first-order valence-electron chi connectivity index (χ1n) is 5.35. The third-order valence-electron chi connectivity index (χ3n) is 3.09. The molecular weight excluding hydrogens is 240 g/mol. The highest BCUT2D eigenvalue weighted by Gasteiger charge is 2.21. The average molecular weight is 261 g/mol. The van der Waals surface area contributed by atoms with Crippen LogP contribution in [0.5, 0.6) is 0 Å². The summed E-state index contributed by atoms with van der Waals surface area (Å²) >= 11 is 3.37. The summed E-state index contributed by atoms with van der Waals surface area (Å²) in [4.78, 5) is 2.41. The van der Waals surface area contributed by atoms with Crippen molar-refractivity contribution in [2.45, 2.75) is 25.8 Å². The predicted molar refractivity (Wildman–Crippen MR) is 65.8 cm³/mol. The van der Waals surface area contributed by atoms with Crippen molar-refractivity contribution in [3.63, 3.8) is 0 Å². The van der Waals surface area contributed by atoms with Crippen LogP contribution in [0.15, 0.2) is 11.1 Å². The van der Waals surface area contributed by atoms with Gasteiger partial charge in [-0.1, -0.05) is 22.5 Å². The number of hydrogen-bond acceptors (Lipinski definition) is 2. The molecule has 0 saturated carbocycles. The first kappa shape index (κ1) is 12.2. The van der Waals surface area contributed by atoms with E-state index in [2.05, 4.69) is 46.7 Å². The van der Waals surface area contributed by atoms with Crippen LogP contribution >= 0.6 is 15.9 Å². The second kappa shape index (κ2) is 5.89. The van der Waals surface area contributed by atoms with Crippen LogP contribution in [-0.4, -0.2) is 37.6 Å². The Morgan fingerprint density at radius 1 is 1.57 bits per heavy atom. The van der Waals surface area contributed by atoms with Gasteiger partial charge in [-0.25, -0.2) is 0 Å². The third kappa shape index (κ3) is 4.11. The summed E-state index contributed by atoms with van der Waals surface area (Å²) in [5.41, 5.74) is 0. The van der Waals surface area contributed by atoms with Gasteiger partial charge in [0.15, 0.2) is 0 Å². The molecule has 0 bridgehead atoms. The van der Waals surface area contributed by atoms with Crippen LogP contribution in [0.2, 0.25) is 0 Å². The maximum atomic E-state index is 3.83. The van der Waals surface area contributed by atoms with E-state index in [9.17, 15) is 0 Å². The molecule has 3 heteroatoms. The van der Waals surface area contributed by atoms with Crippen LogP contribution in [0.4, 0.5) is 0 Å². The molecule has 1 saturated heterocycles. The van der Waals surface area contributed by atoms with Crippen LogP contribution in [0.1, 0.15) is 19.8 Å². The molecule has 0 spiro atoms. The van der Waals surface area contributed by atoms with Crippen LogP contribution < -0.4 is 5.32 Å². The lowest BCUT2D eigenvalue weighted by molar-refractivity contribution is 0.192. The molecule has 0 aromatic carbocycles. The molecule has 1 atom stereocenters. The van der Waals surface area contributed by atoms with Gasteiger partial charge in [0, 0.05) is 17.1 Å². The minimum absolute atomic E-state index is 0.609. The van der Waals surface area contributed by atoms with Crippen molar-refractivity contribution in [1.29, 1.82) is 0 Å². The van der Waals surface area contributed by atoms with Crippen molar-refractivity contribution >= 4 is 15.9 Å². The first-order valence-corrected chi connectivity index (χ1v) is 6.14. The fourth-order valence-corrected chi connectivity index (χ4v) is 2.13. The van der Waals surface area contributed by atoms with E-state index in [1.165, 1.54) is 25.9 Å². The van der Waals surface area contributed by atoms with E-state index in [4.69, 9.17) is 0 Å². The smallest absolute Gasteiger partial charge is 0.0268 e. The number of rotatable bonds is 4. The van der Waals surface area contributed by atoms with Gasteiger partial charge in [-0.3, -0.25) is 0 Å². The number of halogens is 1. The Morgan fingerprint density at radius 2 is 2.14 bits per heavy atom. The first-order chi connectivity index (χ1) is 6.59. The van der Waals surface area contributed by atoms with E-state index >= 15 is 0 Å². The molecule has 0 aromatic heterocycles. The normalized spacial score (nSPS) is 22.2. The number of nitrogens with zero attached hydrogens (tertiary/aromatic N) is 1. The van der Waals surface area contributed by atoms with Gasteiger partial charge >= 0.3 is 0 Å². The van der Waals surface area contributed by atoms with Gasteiger partial charge in [-0.15, -0.1) is 0 Å². The lowest BCUT2D eigenvalue weighted by Crippen LogP contribution is -2.40. The van der Waals surface area contributed by atoms with Crippen molar-refractivity contribution in [1.82, 2.24) is 10.2 Å². The standard InChI is InChI=1S/C11H21BrN2/c1-9(12)8-13-10(2)11-4-6-14(3)7-5-11/h10-11,13H,1,4-8H2,2-3H3. The molecule has 0 aromatic rings. The minimum atomic E-state index is 0.609. The van der Waals surface area contributed by atoms with E-state index in [0.29, 0.717) is 6.04 Å². The van der Waals surface area contributed by atoms with Gasteiger partial charge in [0.1, 0.15) is 0 Å². The molecule has 1 heterocycles. The summed E-state index contributed by atoms with van der Waals surface area (Å²) in [7, 11) is 2.20. The van der Waals surface area contributed by atoms with E-state index < -0.39 is 0 Å². The number of likely N-dealkylation sites (tertiary alicyclic amines) is 1. The van der Waals surface area contributed by atoms with Crippen molar-refractivity contribution in [2.24, 2.45) is 5.92 Å². The molecule has 2 nitrogen and oxygen atoms in total. The zero-order valence-corrected chi connectivity index (χ0v) is 10.8. The summed E-state index contributed by atoms with van der Waals surface area (Å²) in [6.07, 6.45) is 2.64. The number of nitrogens with one attached hydrogen (secondary N) is 1. The summed E-state index contributed by atoms with van der Waals surface area (Å²) in [6.45, 7) is 9.48. The highest BCUT2D eigenvalue weighted by atomic mass is 79.9. The van der Waals surface area contributed by atoms with Crippen molar-refractivity contribution in [2.75, 3.05) is 26.7 Å². The van der Waals surface area contributed by atoms with Crippen molar-refractivity contribution in [3.8, 4) is 0 Å². The number of piperidine rings is 1. The molecule has 1 fully saturated rings. The Kier molecular flexibility index (Phi) is 5.13. The second-order valence-electron chi connectivity index (χ2n) is 4.33. The van der Waals surface area contributed by atoms with Gasteiger partial charge in [-0.05, 0) is 45.8 Å². The quantitative estimate of drug-likeness (QED) is 0.834. The van der Waals surface area contributed by atoms with Gasteiger partial charge < -0.3 is 10.2 Å². The topological polar surface area (TPSA) is 15.3 Å². The Labute approximate surface area is 95.9 Å². The zero-order valence-electron chi connectivity index (χ0n) is 9.22. The van der Waals surface area contributed by atoms with E-state index in [-0.39, 0.29) is 0 Å². The van der Waals surface area contributed by atoms with Crippen LogP contribution in [0.25, 0.3) is 0 Å². The third-order valence-corrected chi connectivity index (χ3v) is 3.37. The maximum Gasteiger partial charge on any atom is 0.0268 e. The molecule has 1 unspecified atom stereocenters. The number of hydrogen-bond donors (Lipinski definition) is 1. The Balaban J connectivity index is 2.23. The summed E-state index contributed by atoms with van der Waals surface area (Å²) < 4.78 is 1.04. The summed E-state index contributed by atoms with van der Waals surface area (Å²) in [5.74, 6) is 0.832. The molecule has 0 radical (unpaired) electrons. The Morgan fingerprint density at radius 3 is 2.64 bits per heavy atom. The van der Waals surface area contributed by atoms with Gasteiger partial charge in [0.05, 0.1) is 0 Å². The van der Waals surface area contributed by atoms with Crippen LogP contribution in [0, 0.1) is 5.92 Å². The molecule has 14 heavy (non-hydrogen) atoms. The fraction of sp³-hybridized carbons (Fsp3) is 0.818. The van der Waals surface area contributed by atoms with Crippen molar-refractivity contribution < 1.29 is 0 Å².